The first-order valence-corrected chi connectivity index (χ1v) is 9.04. The highest BCUT2D eigenvalue weighted by Crippen LogP contribution is 2.52. The van der Waals surface area contributed by atoms with E-state index in [1.807, 2.05) is 6.07 Å². The van der Waals surface area contributed by atoms with Crippen molar-refractivity contribution in [3.05, 3.63) is 102 Å². The van der Waals surface area contributed by atoms with Gasteiger partial charge < -0.3 is 9.30 Å². The molecule has 0 spiro atoms. The van der Waals surface area contributed by atoms with E-state index in [-0.39, 0.29) is 12.0 Å². The summed E-state index contributed by atoms with van der Waals surface area (Å²) in [4.78, 5) is 0. The van der Waals surface area contributed by atoms with Crippen LogP contribution < -0.4 is 4.74 Å². The van der Waals surface area contributed by atoms with E-state index in [0.717, 1.165) is 5.75 Å². The van der Waals surface area contributed by atoms with Crippen molar-refractivity contribution in [1.82, 2.24) is 4.57 Å². The molecule has 0 saturated heterocycles. The number of rotatable bonds is 1. The molecule has 124 valence electrons. The molecule has 0 amide bonds. The zero-order chi connectivity index (χ0) is 17.1. The average molecular weight is 335 g/mol. The molecular formula is C24H17NO. The Kier molecular flexibility index (Phi) is 2.75. The molecule has 0 fully saturated rings. The second-order valence-corrected chi connectivity index (χ2v) is 6.95. The van der Waals surface area contributed by atoms with Gasteiger partial charge in [-0.1, -0.05) is 66.7 Å². The summed E-state index contributed by atoms with van der Waals surface area (Å²) in [5, 5.41) is 1.28. The topological polar surface area (TPSA) is 14.2 Å². The third-order valence-electron chi connectivity index (χ3n) is 5.56. The van der Waals surface area contributed by atoms with Crippen molar-refractivity contribution in [3.8, 4) is 11.4 Å². The lowest BCUT2D eigenvalue weighted by molar-refractivity contribution is 0.216. The highest BCUT2D eigenvalue weighted by molar-refractivity contribution is 5.94. The van der Waals surface area contributed by atoms with Gasteiger partial charge in [0.1, 0.15) is 11.9 Å². The fourth-order valence-corrected chi connectivity index (χ4v) is 4.46. The molecule has 0 radical (unpaired) electrons. The Hall–Kier alpha value is -3.26. The number of aromatic nitrogens is 1. The lowest BCUT2D eigenvalue weighted by Gasteiger charge is -2.24. The summed E-state index contributed by atoms with van der Waals surface area (Å²) in [6.07, 6.45) is 4.60. The van der Waals surface area contributed by atoms with Crippen LogP contribution in [0.15, 0.2) is 84.9 Å². The van der Waals surface area contributed by atoms with Crippen LogP contribution in [0.5, 0.6) is 5.75 Å². The fraction of sp³-hybridized carbons (Fsp3) is 0.0833. The fourth-order valence-electron chi connectivity index (χ4n) is 4.46. The normalized spacial score (nSPS) is 19.7. The van der Waals surface area contributed by atoms with Gasteiger partial charge in [0, 0.05) is 28.1 Å². The zero-order valence-electron chi connectivity index (χ0n) is 14.2. The molecule has 1 aliphatic carbocycles. The third-order valence-corrected chi connectivity index (χ3v) is 5.56. The van der Waals surface area contributed by atoms with Crippen molar-refractivity contribution in [1.29, 1.82) is 0 Å². The largest absolute Gasteiger partial charge is 0.483 e. The molecule has 0 bridgehead atoms. The van der Waals surface area contributed by atoms with Crippen LogP contribution in [0.1, 0.15) is 28.8 Å². The van der Waals surface area contributed by atoms with Crippen molar-refractivity contribution in [2.45, 2.75) is 12.0 Å². The maximum atomic E-state index is 6.46. The molecule has 3 aromatic carbocycles. The number of fused-ring (bicyclic) bond motifs is 7. The predicted molar refractivity (Wildman–Crippen MR) is 105 cm³/mol. The van der Waals surface area contributed by atoms with Gasteiger partial charge in [-0.25, -0.2) is 0 Å². The van der Waals surface area contributed by atoms with Crippen molar-refractivity contribution < 1.29 is 4.74 Å². The Balaban J connectivity index is 1.67. The molecule has 2 aliphatic rings. The van der Waals surface area contributed by atoms with Crippen molar-refractivity contribution in [2.24, 2.45) is 0 Å². The molecule has 2 nitrogen and oxygen atoms in total. The van der Waals surface area contributed by atoms with Crippen LogP contribution in [0, 0.1) is 0 Å². The van der Waals surface area contributed by atoms with Crippen molar-refractivity contribution in [2.75, 3.05) is 0 Å². The Morgan fingerprint density at radius 1 is 0.769 bits per heavy atom. The van der Waals surface area contributed by atoms with Crippen LogP contribution in [0.25, 0.3) is 22.7 Å². The van der Waals surface area contributed by atoms with E-state index in [1.165, 1.54) is 33.4 Å². The molecular weight excluding hydrogens is 318 g/mol. The quantitative estimate of drug-likeness (QED) is 0.424. The van der Waals surface area contributed by atoms with Crippen LogP contribution in [0.3, 0.4) is 0 Å². The summed E-state index contributed by atoms with van der Waals surface area (Å²) in [7, 11) is 0. The Bertz CT molecular complexity index is 1170. The van der Waals surface area contributed by atoms with E-state index in [9.17, 15) is 0 Å². The van der Waals surface area contributed by atoms with E-state index < -0.39 is 0 Å². The van der Waals surface area contributed by atoms with E-state index in [4.69, 9.17) is 4.74 Å². The number of benzene rings is 3. The molecule has 2 unspecified atom stereocenters. The Morgan fingerprint density at radius 2 is 1.54 bits per heavy atom. The molecule has 2 heterocycles. The van der Waals surface area contributed by atoms with Gasteiger partial charge in [0.15, 0.2) is 0 Å². The minimum atomic E-state index is 0.0139. The minimum Gasteiger partial charge on any atom is -0.483 e. The summed E-state index contributed by atoms with van der Waals surface area (Å²) >= 11 is 0. The zero-order valence-corrected chi connectivity index (χ0v) is 14.2. The van der Waals surface area contributed by atoms with Gasteiger partial charge in [-0.05, 0) is 24.3 Å². The van der Waals surface area contributed by atoms with E-state index in [0.29, 0.717) is 0 Å². The SMILES string of the molecule is C1=CC2c3ccccc3OC2c2c1c1ccccc1n2-c1ccccc1. The summed E-state index contributed by atoms with van der Waals surface area (Å²) in [6, 6.07) is 27.6. The number of para-hydroxylation sites is 3. The van der Waals surface area contributed by atoms with Crippen LogP contribution in [0.2, 0.25) is 0 Å². The first-order valence-electron chi connectivity index (χ1n) is 9.04. The van der Waals surface area contributed by atoms with Gasteiger partial charge in [0.25, 0.3) is 0 Å². The molecule has 0 saturated carbocycles. The number of nitrogens with zero attached hydrogens (tertiary/aromatic N) is 1. The highest BCUT2D eigenvalue weighted by Gasteiger charge is 2.40. The number of hydrogen-bond donors (Lipinski definition) is 0. The van der Waals surface area contributed by atoms with Gasteiger partial charge in [0.05, 0.1) is 11.2 Å². The summed E-state index contributed by atoms with van der Waals surface area (Å²) in [6.45, 7) is 0. The summed E-state index contributed by atoms with van der Waals surface area (Å²) < 4.78 is 8.83. The van der Waals surface area contributed by atoms with Gasteiger partial charge >= 0.3 is 0 Å². The monoisotopic (exact) mass is 335 g/mol. The molecule has 2 heteroatoms. The standard InChI is InChI=1S/C24H17NO/c1-2-8-16(9-3-1)25-21-12-6-4-10-17(21)19-14-15-20-18-11-5-7-13-22(18)26-24(20)23(19)25/h1-15,20,24H. The predicted octanol–water partition coefficient (Wildman–Crippen LogP) is 5.87. The van der Waals surface area contributed by atoms with E-state index >= 15 is 0 Å². The first-order chi connectivity index (χ1) is 12.9. The van der Waals surface area contributed by atoms with Crippen molar-refractivity contribution in [3.63, 3.8) is 0 Å². The Morgan fingerprint density at radius 3 is 2.46 bits per heavy atom. The van der Waals surface area contributed by atoms with Crippen LogP contribution in [-0.2, 0) is 0 Å². The third kappa shape index (κ3) is 1.76. The van der Waals surface area contributed by atoms with Crippen LogP contribution >= 0.6 is 0 Å². The smallest absolute Gasteiger partial charge is 0.150 e. The first kappa shape index (κ1) is 14.0. The summed E-state index contributed by atoms with van der Waals surface area (Å²) in [5.74, 6) is 1.27. The van der Waals surface area contributed by atoms with Crippen LogP contribution in [0.4, 0.5) is 0 Å². The number of ether oxygens (including phenoxy) is 1. The van der Waals surface area contributed by atoms with Gasteiger partial charge in [-0.2, -0.15) is 0 Å². The maximum Gasteiger partial charge on any atom is 0.150 e. The van der Waals surface area contributed by atoms with Gasteiger partial charge in [-0.15, -0.1) is 0 Å². The Labute approximate surface area is 152 Å². The lowest BCUT2D eigenvalue weighted by atomic mass is 9.87. The summed E-state index contributed by atoms with van der Waals surface area (Å²) in [5.41, 5.74) is 6.22. The maximum absolute atomic E-state index is 6.46. The molecule has 2 atom stereocenters. The minimum absolute atomic E-state index is 0.0139. The van der Waals surface area contributed by atoms with Gasteiger partial charge in [-0.3, -0.25) is 0 Å². The molecule has 1 aliphatic heterocycles. The highest BCUT2D eigenvalue weighted by atomic mass is 16.5. The molecule has 4 aromatic rings. The number of hydrogen-bond acceptors (Lipinski definition) is 1. The average Bonchev–Trinajstić information content (AvgIpc) is 3.24. The molecule has 1 aromatic heterocycles. The molecule has 6 rings (SSSR count). The van der Waals surface area contributed by atoms with Crippen LogP contribution in [-0.4, -0.2) is 4.57 Å². The van der Waals surface area contributed by atoms with E-state index in [2.05, 4.69) is 89.5 Å². The second kappa shape index (κ2) is 5.12. The van der Waals surface area contributed by atoms with Crippen molar-refractivity contribution >= 4 is 17.0 Å². The molecule has 0 N–H and O–H groups in total. The van der Waals surface area contributed by atoms with Gasteiger partial charge in [0.2, 0.25) is 0 Å². The van der Waals surface area contributed by atoms with E-state index in [1.54, 1.807) is 0 Å². The lowest BCUT2D eigenvalue weighted by Crippen LogP contribution is -2.16. The molecule has 26 heavy (non-hydrogen) atoms. The second-order valence-electron chi connectivity index (χ2n) is 6.95.